The van der Waals surface area contributed by atoms with Crippen molar-refractivity contribution in [3.63, 3.8) is 0 Å². The van der Waals surface area contributed by atoms with Gasteiger partial charge < -0.3 is 9.47 Å². The molecule has 2 bridgehead atoms. The first-order valence-electron chi connectivity index (χ1n) is 7.56. The maximum Gasteiger partial charge on any atom is 0.167 e. The molecule has 22 heavy (non-hydrogen) atoms. The maximum atomic E-state index is 13.7. The van der Waals surface area contributed by atoms with Gasteiger partial charge >= 0.3 is 0 Å². The molecule has 0 radical (unpaired) electrons. The van der Waals surface area contributed by atoms with Gasteiger partial charge in [-0.1, -0.05) is 19.9 Å². The van der Waals surface area contributed by atoms with Crippen LogP contribution in [0.2, 0.25) is 0 Å². The van der Waals surface area contributed by atoms with E-state index >= 15 is 0 Å². The van der Waals surface area contributed by atoms with Gasteiger partial charge in [-0.3, -0.25) is 4.79 Å². The van der Waals surface area contributed by atoms with Crippen molar-refractivity contribution in [2.24, 2.45) is 5.92 Å². The van der Waals surface area contributed by atoms with E-state index < -0.39 is 22.8 Å². The number of ketones is 1. The first kappa shape index (κ1) is 15.6. The fourth-order valence-electron chi connectivity index (χ4n) is 3.54. The van der Waals surface area contributed by atoms with Crippen LogP contribution in [0, 0.1) is 17.6 Å². The molecule has 1 aromatic carbocycles. The molecule has 2 saturated heterocycles. The Bertz CT molecular complexity index is 616. The lowest BCUT2D eigenvalue weighted by molar-refractivity contribution is -0.136. The summed E-state index contributed by atoms with van der Waals surface area (Å²) in [6, 6.07) is 3.43. The van der Waals surface area contributed by atoms with Crippen molar-refractivity contribution < 1.29 is 23.0 Å². The van der Waals surface area contributed by atoms with E-state index in [4.69, 9.17) is 9.47 Å². The van der Waals surface area contributed by atoms with Crippen LogP contribution in [-0.2, 0) is 20.9 Å². The molecule has 0 saturated carbocycles. The quantitative estimate of drug-likeness (QED) is 0.855. The molecular weight excluding hydrogens is 290 g/mol. The van der Waals surface area contributed by atoms with E-state index in [1.807, 2.05) is 20.8 Å². The molecule has 0 unspecified atom stereocenters. The zero-order valence-corrected chi connectivity index (χ0v) is 13.0. The lowest BCUT2D eigenvalue weighted by Gasteiger charge is -2.30. The molecule has 3 atom stereocenters. The summed E-state index contributed by atoms with van der Waals surface area (Å²) in [4.78, 5) is 12.2. The Morgan fingerprint density at radius 3 is 2.73 bits per heavy atom. The van der Waals surface area contributed by atoms with Crippen LogP contribution in [-0.4, -0.2) is 23.1 Å². The standard InChI is InChI=1S/C17H20F2O3/c1-10(2)17-8-15(16(3,22-17)7-14(17)20)21-9-11-4-5-12(18)6-13(11)19/h4-6,10,15H,7-9H2,1-3H3/t15-,16+,17-/m1/s1. The molecule has 2 aliphatic heterocycles. The lowest BCUT2D eigenvalue weighted by Crippen LogP contribution is -2.44. The first-order valence-corrected chi connectivity index (χ1v) is 7.56. The van der Waals surface area contributed by atoms with Gasteiger partial charge in [-0.05, 0) is 18.9 Å². The Morgan fingerprint density at radius 1 is 1.41 bits per heavy atom. The largest absolute Gasteiger partial charge is 0.370 e. The van der Waals surface area contributed by atoms with Crippen LogP contribution in [0.1, 0.15) is 39.2 Å². The molecule has 2 fully saturated rings. The highest BCUT2D eigenvalue weighted by Gasteiger charge is 2.65. The average molecular weight is 310 g/mol. The van der Waals surface area contributed by atoms with Crippen LogP contribution >= 0.6 is 0 Å². The molecule has 0 amide bonds. The van der Waals surface area contributed by atoms with Crippen molar-refractivity contribution in [1.29, 1.82) is 0 Å². The van der Waals surface area contributed by atoms with Gasteiger partial charge in [-0.25, -0.2) is 8.78 Å². The van der Waals surface area contributed by atoms with Crippen molar-refractivity contribution in [3.8, 4) is 0 Å². The molecule has 2 aliphatic rings. The molecule has 0 aromatic heterocycles. The van der Waals surface area contributed by atoms with Crippen LogP contribution in [0.15, 0.2) is 18.2 Å². The molecule has 1 aromatic rings. The Kier molecular flexibility index (Phi) is 3.61. The van der Waals surface area contributed by atoms with E-state index in [-0.39, 0.29) is 24.4 Å². The highest BCUT2D eigenvalue weighted by molar-refractivity contribution is 5.92. The number of carbonyl (C=O) groups excluding carboxylic acids is 1. The Hall–Kier alpha value is -1.33. The minimum absolute atomic E-state index is 0.0398. The zero-order valence-electron chi connectivity index (χ0n) is 13.0. The van der Waals surface area contributed by atoms with E-state index in [0.29, 0.717) is 18.4 Å². The second-order valence-corrected chi connectivity index (χ2v) is 6.80. The fraction of sp³-hybridized carbons (Fsp3) is 0.588. The van der Waals surface area contributed by atoms with Crippen molar-refractivity contribution in [3.05, 3.63) is 35.4 Å². The number of hydrogen-bond donors (Lipinski definition) is 0. The van der Waals surface area contributed by atoms with E-state index in [1.165, 1.54) is 12.1 Å². The number of fused-ring (bicyclic) bond motifs is 2. The van der Waals surface area contributed by atoms with Crippen molar-refractivity contribution >= 4 is 5.78 Å². The number of ether oxygens (including phenoxy) is 2. The van der Waals surface area contributed by atoms with E-state index in [0.717, 1.165) is 6.07 Å². The number of rotatable bonds is 4. The molecule has 120 valence electrons. The third-order valence-corrected chi connectivity index (χ3v) is 4.96. The van der Waals surface area contributed by atoms with Gasteiger partial charge in [-0.15, -0.1) is 0 Å². The molecule has 0 N–H and O–H groups in total. The summed E-state index contributed by atoms with van der Waals surface area (Å²) in [6.07, 6.45) is 0.543. The summed E-state index contributed by atoms with van der Waals surface area (Å²) >= 11 is 0. The minimum atomic E-state index is -0.777. The number of carbonyl (C=O) groups is 1. The highest BCUT2D eigenvalue weighted by atomic mass is 19.1. The maximum absolute atomic E-state index is 13.7. The number of halogens is 2. The smallest absolute Gasteiger partial charge is 0.167 e. The fourth-order valence-corrected chi connectivity index (χ4v) is 3.54. The van der Waals surface area contributed by atoms with E-state index in [9.17, 15) is 13.6 Å². The molecule has 0 aliphatic carbocycles. The summed E-state index contributed by atoms with van der Waals surface area (Å²) in [7, 11) is 0. The average Bonchev–Trinajstić information content (AvgIpc) is 2.86. The van der Waals surface area contributed by atoms with Crippen LogP contribution in [0.3, 0.4) is 0 Å². The normalized spacial score (nSPS) is 33.9. The predicted molar refractivity (Wildman–Crippen MR) is 76.2 cm³/mol. The van der Waals surface area contributed by atoms with Gasteiger partial charge in [0.05, 0.1) is 18.3 Å². The van der Waals surface area contributed by atoms with E-state index in [2.05, 4.69) is 0 Å². The van der Waals surface area contributed by atoms with Gasteiger partial charge in [0.1, 0.15) is 17.2 Å². The molecule has 5 heteroatoms. The van der Waals surface area contributed by atoms with Crippen LogP contribution in [0.25, 0.3) is 0 Å². The summed E-state index contributed by atoms with van der Waals surface area (Å²) < 4.78 is 38.5. The third kappa shape index (κ3) is 2.27. The lowest BCUT2D eigenvalue weighted by atomic mass is 9.74. The van der Waals surface area contributed by atoms with Gasteiger partial charge in [0.2, 0.25) is 0 Å². The number of benzene rings is 1. The number of Topliss-reactive ketones (excluding diaryl/α,β-unsaturated/α-hetero) is 1. The predicted octanol–water partition coefficient (Wildman–Crippen LogP) is 3.40. The second kappa shape index (κ2) is 5.10. The highest BCUT2D eigenvalue weighted by Crippen LogP contribution is 2.53. The number of hydrogen-bond acceptors (Lipinski definition) is 3. The first-order chi connectivity index (χ1) is 10.3. The van der Waals surface area contributed by atoms with Gasteiger partial charge in [0, 0.05) is 24.5 Å². The van der Waals surface area contributed by atoms with Gasteiger partial charge in [-0.2, -0.15) is 0 Å². The SMILES string of the molecule is CC(C)[C@]12C[C@@H](OCc3ccc(F)cc3F)[C@](C)(CC1=O)O2. The molecule has 0 spiro atoms. The molecule has 2 heterocycles. The van der Waals surface area contributed by atoms with Crippen molar-refractivity contribution in [1.82, 2.24) is 0 Å². The summed E-state index contributed by atoms with van der Waals surface area (Å²) in [6.45, 7) is 5.84. The van der Waals surface area contributed by atoms with Crippen LogP contribution in [0.4, 0.5) is 8.78 Å². The van der Waals surface area contributed by atoms with Crippen molar-refractivity contribution in [2.75, 3.05) is 0 Å². The van der Waals surface area contributed by atoms with Gasteiger partial charge in [0.15, 0.2) is 5.78 Å². The monoisotopic (exact) mass is 310 g/mol. The van der Waals surface area contributed by atoms with Crippen LogP contribution in [0.5, 0.6) is 0 Å². The Labute approximate surface area is 128 Å². The summed E-state index contributed by atoms with van der Waals surface area (Å²) in [5.74, 6) is -1.04. The minimum Gasteiger partial charge on any atom is -0.370 e. The molecule has 3 rings (SSSR count). The summed E-state index contributed by atoms with van der Waals surface area (Å²) in [5, 5.41) is 0. The topological polar surface area (TPSA) is 35.5 Å². The summed E-state index contributed by atoms with van der Waals surface area (Å²) in [5.41, 5.74) is -1.13. The van der Waals surface area contributed by atoms with Crippen molar-refractivity contribution in [2.45, 2.75) is 57.5 Å². The molecule has 3 nitrogen and oxygen atoms in total. The zero-order chi connectivity index (χ0) is 16.1. The molecular formula is C17H20F2O3. The second-order valence-electron chi connectivity index (χ2n) is 6.80. The van der Waals surface area contributed by atoms with Crippen LogP contribution < -0.4 is 0 Å². The third-order valence-electron chi connectivity index (χ3n) is 4.96. The Balaban J connectivity index is 1.74. The Morgan fingerprint density at radius 2 is 2.14 bits per heavy atom. The van der Waals surface area contributed by atoms with Gasteiger partial charge in [0.25, 0.3) is 0 Å². The van der Waals surface area contributed by atoms with E-state index in [1.54, 1.807) is 0 Å².